The van der Waals surface area contributed by atoms with Gasteiger partial charge in [0.2, 0.25) is 5.82 Å². The molecule has 0 saturated carbocycles. The number of alkyl halides is 1. The highest BCUT2D eigenvalue weighted by atomic mass is 79.9. The Hall–Kier alpha value is -1.91. The van der Waals surface area contributed by atoms with E-state index in [1.54, 1.807) is 31.2 Å². The molecule has 1 heterocycles. The second-order valence-electron chi connectivity index (χ2n) is 6.91. The molecule has 0 radical (unpaired) electrons. The lowest BCUT2D eigenvalue weighted by molar-refractivity contribution is 0.134. The van der Waals surface area contributed by atoms with Crippen LogP contribution in [-0.4, -0.2) is 34.0 Å². The number of hydrogen-bond donors (Lipinski definition) is 0. The van der Waals surface area contributed by atoms with Crippen molar-refractivity contribution in [3.05, 3.63) is 64.4 Å². The maximum atomic E-state index is 13.8. The summed E-state index contributed by atoms with van der Waals surface area (Å²) >= 11 is 9.74. The van der Waals surface area contributed by atoms with E-state index in [-0.39, 0.29) is 22.5 Å². The van der Waals surface area contributed by atoms with Crippen molar-refractivity contribution in [3.63, 3.8) is 0 Å². The lowest BCUT2D eigenvalue weighted by Gasteiger charge is -2.23. The summed E-state index contributed by atoms with van der Waals surface area (Å²) in [7, 11) is -2.71. The first-order chi connectivity index (χ1) is 15.3. The Morgan fingerprint density at radius 3 is 2.56 bits per heavy atom. The van der Waals surface area contributed by atoms with Crippen LogP contribution in [0.3, 0.4) is 0 Å². The van der Waals surface area contributed by atoms with Crippen molar-refractivity contribution in [1.29, 1.82) is 0 Å². The summed E-state index contributed by atoms with van der Waals surface area (Å²) in [5.41, 5.74) is 3.26. The van der Waals surface area contributed by atoms with Crippen LogP contribution in [-0.2, 0) is 31.4 Å². The van der Waals surface area contributed by atoms with Crippen molar-refractivity contribution < 1.29 is 22.4 Å². The minimum absolute atomic E-state index is 0.0232. The number of anilines is 1. The molecule has 3 rings (SSSR count). The van der Waals surface area contributed by atoms with Crippen LogP contribution in [0.15, 0.2) is 51.9 Å². The van der Waals surface area contributed by atoms with Crippen LogP contribution in [0.5, 0.6) is 0 Å². The average molecular weight is 544 g/mol. The predicted octanol–water partition coefficient (Wildman–Crippen LogP) is 5.53. The largest absolute Gasteiger partial charge is 0.377 e. The van der Waals surface area contributed by atoms with E-state index in [2.05, 4.69) is 21.1 Å². The number of aryl methyl sites for hydroxylation is 1. The molecule has 0 spiro atoms. The molecule has 0 atom stereocenters. The molecule has 7 nitrogen and oxygen atoms in total. The number of halogens is 2. The maximum absolute atomic E-state index is 13.8. The van der Waals surface area contributed by atoms with Crippen LogP contribution in [0.2, 0.25) is 5.02 Å². The molecule has 0 N–H and O–H groups in total. The highest BCUT2D eigenvalue weighted by molar-refractivity contribution is 9.08. The van der Waals surface area contributed by atoms with Crippen LogP contribution in [0.4, 0.5) is 5.82 Å². The zero-order valence-corrected chi connectivity index (χ0v) is 21.1. The van der Waals surface area contributed by atoms with Crippen LogP contribution in [0, 0.1) is 6.92 Å². The van der Waals surface area contributed by atoms with E-state index in [0.29, 0.717) is 29.9 Å². The molecular weight excluding hydrogens is 520 g/mol. The number of nitrogens with zero attached hydrogens (tertiary/aromatic N) is 2. The fourth-order valence-corrected chi connectivity index (χ4v) is 5.33. The van der Waals surface area contributed by atoms with Gasteiger partial charge in [-0.25, -0.2) is 12.7 Å². The Morgan fingerprint density at radius 2 is 1.94 bits per heavy atom. The molecule has 0 bridgehead atoms. The minimum atomic E-state index is -4.11. The molecular formula is C22H24BrClN2O5S. The first kappa shape index (κ1) is 24.7. The molecule has 172 valence electrons. The molecule has 10 heteroatoms. The normalized spacial score (nSPS) is 11.7. The van der Waals surface area contributed by atoms with Gasteiger partial charge in [-0.3, -0.25) is 0 Å². The van der Waals surface area contributed by atoms with E-state index in [1.807, 2.05) is 25.1 Å². The molecule has 3 aromatic rings. The van der Waals surface area contributed by atoms with Crippen LogP contribution >= 0.6 is 27.5 Å². The first-order valence-electron chi connectivity index (χ1n) is 9.83. The highest BCUT2D eigenvalue weighted by Gasteiger charge is 2.32. The Morgan fingerprint density at radius 1 is 1.19 bits per heavy atom. The van der Waals surface area contributed by atoms with Gasteiger partial charge in [0.05, 0.1) is 11.5 Å². The number of ether oxygens (including phenoxy) is 2. The summed E-state index contributed by atoms with van der Waals surface area (Å²) < 4.78 is 44.5. The summed E-state index contributed by atoms with van der Waals surface area (Å²) in [6, 6.07) is 12.7. The number of sulfonamides is 1. The third-order valence-electron chi connectivity index (χ3n) is 4.79. The maximum Gasteiger partial charge on any atom is 0.268 e. The summed E-state index contributed by atoms with van der Waals surface area (Å²) in [4.78, 5) is 0.0955. The summed E-state index contributed by atoms with van der Waals surface area (Å²) in [5.74, 6) is 0.292. The third kappa shape index (κ3) is 5.02. The second-order valence-corrected chi connectivity index (χ2v) is 9.68. The number of aromatic nitrogens is 1. The Bertz CT molecular complexity index is 1180. The molecule has 0 aliphatic carbocycles. The average Bonchev–Trinajstić information content (AvgIpc) is 3.13. The molecule has 0 unspecified atom stereocenters. The van der Waals surface area contributed by atoms with Crippen molar-refractivity contribution in [2.24, 2.45) is 0 Å². The Labute approximate surface area is 201 Å². The van der Waals surface area contributed by atoms with Crippen molar-refractivity contribution in [2.75, 3.05) is 24.8 Å². The van der Waals surface area contributed by atoms with Gasteiger partial charge in [0.25, 0.3) is 10.0 Å². The number of hydrogen-bond acceptors (Lipinski definition) is 6. The highest BCUT2D eigenvalue weighted by Crippen LogP contribution is 2.36. The van der Waals surface area contributed by atoms with E-state index in [4.69, 9.17) is 25.6 Å². The molecule has 0 fully saturated rings. The van der Waals surface area contributed by atoms with Gasteiger partial charge in [-0.15, -0.1) is 0 Å². The van der Waals surface area contributed by atoms with E-state index in [1.165, 1.54) is 7.11 Å². The zero-order valence-electron chi connectivity index (χ0n) is 18.0. The molecule has 0 amide bonds. The number of rotatable bonds is 10. The predicted molar refractivity (Wildman–Crippen MR) is 128 cm³/mol. The Balaban J connectivity index is 2.18. The monoisotopic (exact) mass is 542 g/mol. The standard InChI is InChI=1S/C22H24BrClN2O5S/c1-4-30-13-17-11-16(12-23)9-10-18(17)19-7-5-6-8-20(19)32(27,28)26(14-29-3)22-21(24)15(2)31-25-22/h5-11H,4,12-14H2,1-3H3. The van der Waals surface area contributed by atoms with Crippen LogP contribution in [0.25, 0.3) is 11.1 Å². The second kappa shape index (κ2) is 10.8. The fourth-order valence-electron chi connectivity index (χ4n) is 3.22. The molecule has 0 aliphatic rings. The van der Waals surface area contributed by atoms with Gasteiger partial charge in [0.15, 0.2) is 5.76 Å². The van der Waals surface area contributed by atoms with Gasteiger partial charge in [-0.2, -0.15) is 0 Å². The molecule has 0 aliphatic heterocycles. The van der Waals surface area contributed by atoms with E-state index in [9.17, 15) is 8.42 Å². The van der Waals surface area contributed by atoms with Crippen molar-refractivity contribution in [3.8, 4) is 11.1 Å². The molecule has 2 aromatic carbocycles. The quantitative estimate of drug-likeness (QED) is 0.247. The SMILES string of the molecule is CCOCc1cc(CBr)ccc1-c1ccccc1S(=O)(=O)N(COC)c1noc(C)c1Cl. The molecule has 1 aromatic heterocycles. The van der Waals surface area contributed by atoms with E-state index >= 15 is 0 Å². The Kier molecular flexibility index (Phi) is 8.35. The van der Waals surface area contributed by atoms with Gasteiger partial charge >= 0.3 is 0 Å². The lowest BCUT2D eigenvalue weighted by Crippen LogP contribution is -2.33. The van der Waals surface area contributed by atoms with Crippen molar-refractivity contribution in [2.45, 2.75) is 30.7 Å². The smallest absolute Gasteiger partial charge is 0.268 e. The summed E-state index contributed by atoms with van der Waals surface area (Å²) in [6.07, 6.45) is 0. The van der Waals surface area contributed by atoms with Gasteiger partial charge < -0.3 is 14.0 Å². The minimum Gasteiger partial charge on any atom is -0.377 e. The zero-order chi connectivity index (χ0) is 23.3. The van der Waals surface area contributed by atoms with Gasteiger partial charge in [-0.05, 0) is 36.6 Å². The van der Waals surface area contributed by atoms with Crippen LogP contribution in [0.1, 0.15) is 23.8 Å². The van der Waals surface area contributed by atoms with Crippen molar-refractivity contribution >= 4 is 43.4 Å². The molecule has 32 heavy (non-hydrogen) atoms. The third-order valence-corrected chi connectivity index (χ3v) is 7.64. The summed E-state index contributed by atoms with van der Waals surface area (Å²) in [5, 5.41) is 4.64. The lowest BCUT2D eigenvalue weighted by atomic mass is 9.98. The summed E-state index contributed by atoms with van der Waals surface area (Å²) in [6.45, 7) is 4.14. The van der Waals surface area contributed by atoms with E-state index < -0.39 is 10.0 Å². The number of methoxy groups -OCH3 is 1. The fraction of sp³-hybridized carbons (Fsp3) is 0.318. The van der Waals surface area contributed by atoms with Crippen molar-refractivity contribution in [1.82, 2.24) is 5.16 Å². The number of benzene rings is 2. The van der Waals surface area contributed by atoms with Gasteiger partial charge in [-0.1, -0.05) is 69.1 Å². The van der Waals surface area contributed by atoms with Crippen LogP contribution < -0.4 is 4.31 Å². The van der Waals surface area contributed by atoms with E-state index in [0.717, 1.165) is 21.0 Å². The van der Waals surface area contributed by atoms with Gasteiger partial charge in [0.1, 0.15) is 11.8 Å². The van der Waals surface area contributed by atoms with Gasteiger partial charge in [0, 0.05) is 24.6 Å². The first-order valence-corrected chi connectivity index (χ1v) is 12.8. The topological polar surface area (TPSA) is 81.9 Å². The molecule has 0 saturated heterocycles.